The van der Waals surface area contributed by atoms with E-state index in [2.05, 4.69) is 6.92 Å². The van der Waals surface area contributed by atoms with Crippen molar-refractivity contribution in [1.29, 1.82) is 0 Å². The summed E-state index contributed by atoms with van der Waals surface area (Å²) >= 11 is 0. The van der Waals surface area contributed by atoms with Gasteiger partial charge in [0.05, 0.1) is 6.10 Å². The summed E-state index contributed by atoms with van der Waals surface area (Å²) in [5.41, 5.74) is 0.571. The lowest BCUT2D eigenvalue weighted by Gasteiger charge is -2.37. The molecule has 3 heteroatoms. The lowest BCUT2D eigenvalue weighted by atomic mass is 9.68. The van der Waals surface area contributed by atoms with Gasteiger partial charge >= 0.3 is 0 Å². The Labute approximate surface area is 162 Å². The van der Waals surface area contributed by atoms with Crippen molar-refractivity contribution >= 4 is 0 Å². The van der Waals surface area contributed by atoms with Gasteiger partial charge in [-0.25, -0.2) is 4.39 Å². The van der Waals surface area contributed by atoms with Crippen LogP contribution in [0.4, 0.5) is 8.78 Å². The van der Waals surface area contributed by atoms with Crippen molar-refractivity contribution < 1.29 is 13.5 Å². The van der Waals surface area contributed by atoms with Gasteiger partial charge in [-0.2, -0.15) is 4.39 Å². The molecule has 0 amide bonds. The zero-order valence-electron chi connectivity index (χ0n) is 16.7. The maximum absolute atomic E-state index is 14.8. The standard InChI is InChI=1S/C24H34F2O/c1-16-6-8-17(9-7-16)18-10-12-19(13-11-18)21-14-15-22(24(26)23(21)25)27-20-4-2-3-5-20/h14-20H,2-13H2,1H3. The van der Waals surface area contributed by atoms with E-state index in [0.29, 0.717) is 5.56 Å². The first-order valence-corrected chi connectivity index (χ1v) is 11.3. The molecule has 0 heterocycles. The number of hydrogen-bond donors (Lipinski definition) is 0. The molecule has 0 radical (unpaired) electrons. The minimum atomic E-state index is -0.775. The summed E-state index contributed by atoms with van der Waals surface area (Å²) in [6.07, 6.45) is 14.0. The Hall–Kier alpha value is -1.12. The van der Waals surface area contributed by atoms with Gasteiger partial charge < -0.3 is 4.74 Å². The van der Waals surface area contributed by atoms with Crippen LogP contribution in [0.3, 0.4) is 0 Å². The number of benzene rings is 1. The van der Waals surface area contributed by atoms with Crippen molar-refractivity contribution in [3.05, 3.63) is 29.3 Å². The SMILES string of the molecule is CC1CCC(C2CCC(c3ccc(OC4CCCC4)c(F)c3F)CC2)CC1. The first-order chi connectivity index (χ1) is 13.1. The van der Waals surface area contributed by atoms with Crippen molar-refractivity contribution in [2.24, 2.45) is 17.8 Å². The summed E-state index contributed by atoms with van der Waals surface area (Å²) in [6.45, 7) is 2.37. The molecule has 0 N–H and O–H groups in total. The Morgan fingerprint density at radius 2 is 1.33 bits per heavy atom. The molecular formula is C24H34F2O. The fourth-order valence-corrected chi connectivity index (χ4v) is 5.80. The fourth-order valence-electron chi connectivity index (χ4n) is 5.80. The first-order valence-electron chi connectivity index (χ1n) is 11.3. The maximum atomic E-state index is 14.8. The Morgan fingerprint density at radius 3 is 1.96 bits per heavy atom. The lowest BCUT2D eigenvalue weighted by Crippen LogP contribution is -2.25. The molecule has 0 spiro atoms. The average molecular weight is 377 g/mol. The van der Waals surface area contributed by atoms with Crippen LogP contribution in [-0.4, -0.2) is 6.10 Å². The third-order valence-electron chi connectivity index (χ3n) is 7.61. The molecule has 0 saturated heterocycles. The smallest absolute Gasteiger partial charge is 0.200 e. The van der Waals surface area contributed by atoms with Crippen LogP contribution in [0.15, 0.2) is 12.1 Å². The summed E-state index contributed by atoms with van der Waals surface area (Å²) in [7, 11) is 0. The van der Waals surface area contributed by atoms with E-state index >= 15 is 0 Å². The Bertz CT molecular complexity index is 622. The van der Waals surface area contributed by atoms with Gasteiger partial charge in [-0.1, -0.05) is 25.8 Å². The van der Waals surface area contributed by atoms with Crippen LogP contribution in [0.25, 0.3) is 0 Å². The number of hydrogen-bond acceptors (Lipinski definition) is 1. The van der Waals surface area contributed by atoms with Crippen LogP contribution >= 0.6 is 0 Å². The van der Waals surface area contributed by atoms with Crippen molar-refractivity contribution in [3.8, 4) is 5.75 Å². The van der Waals surface area contributed by atoms with Crippen molar-refractivity contribution in [2.45, 2.75) is 96.0 Å². The molecule has 0 bridgehead atoms. The highest BCUT2D eigenvalue weighted by Gasteiger charge is 2.32. The van der Waals surface area contributed by atoms with Crippen molar-refractivity contribution in [3.63, 3.8) is 0 Å². The highest BCUT2D eigenvalue weighted by molar-refractivity contribution is 5.33. The minimum Gasteiger partial charge on any atom is -0.487 e. The van der Waals surface area contributed by atoms with E-state index in [1.165, 1.54) is 38.5 Å². The van der Waals surface area contributed by atoms with E-state index in [0.717, 1.165) is 56.3 Å². The molecule has 0 atom stereocenters. The summed E-state index contributed by atoms with van der Waals surface area (Å²) in [4.78, 5) is 0. The molecule has 1 aromatic carbocycles. The second-order valence-electron chi connectivity index (χ2n) is 9.44. The molecule has 27 heavy (non-hydrogen) atoms. The zero-order valence-corrected chi connectivity index (χ0v) is 16.7. The summed E-state index contributed by atoms with van der Waals surface area (Å²) in [6, 6.07) is 3.46. The summed E-state index contributed by atoms with van der Waals surface area (Å²) < 4.78 is 35.1. The highest BCUT2D eigenvalue weighted by atomic mass is 19.2. The second-order valence-corrected chi connectivity index (χ2v) is 9.44. The molecule has 1 aromatic rings. The number of rotatable bonds is 4. The van der Waals surface area contributed by atoms with Gasteiger partial charge in [0.15, 0.2) is 11.6 Å². The van der Waals surface area contributed by atoms with Gasteiger partial charge in [0.25, 0.3) is 0 Å². The number of halogens is 2. The third-order valence-corrected chi connectivity index (χ3v) is 7.61. The molecule has 1 nitrogen and oxygen atoms in total. The molecule has 3 fully saturated rings. The summed E-state index contributed by atoms with van der Waals surface area (Å²) in [5.74, 6) is 1.38. The second kappa shape index (κ2) is 8.49. The van der Waals surface area contributed by atoms with Crippen molar-refractivity contribution in [2.75, 3.05) is 0 Å². The van der Waals surface area contributed by atoms with Gasteiger partial charge in [-0.3, -0.25) is 0 Å². The van der Waals surface area contributed by atoms with Gasteiger partial charge in [0.2, 0.25) is 5.82 Å². The molecule has 3 aliphatic carbocycles. The normalized spacial score (nSPS) is 32.6. The monoisotopic (exact) mass is 376 g/mol. The Balaban J connectivity index is 1.37. The largest absolute Gasteiger partial charge is 0.487 e. The van der Waals surface area contributed by atoms with E-state index in [9.17, 15) is 8.78 Å². The Kier molecular flexibility index (Phi) is 6.04. The van der Waals surface area contributed by atoms with Gasteiger partial charge in [-0.05, 0) is 99.5 Å². The summed E-state index contributed by atoms with van der Waals surface area (Å²) in [5, 5.41) is 0. The van der Waals surface area contributed by atoms with Gasteiger partial charge in [0.1, 0.15) is 0 Å². The lowest BCUT2D eigenvalue weighted by molar-refractivity contribution is 0.164. The molecular weight excluding hydrogens is 342 g/mol. The highest BCUT2D eigenvalue weighted by Crippen LogP contribution is 2.45. The molecule has 0 aliphatic heterocycles. The molecule has 3 saturated carbocycles. The van der Waals surface area contributed by atoms with Crippen LogP contribution in [0.1, 0.15) is 95.5 Å². The molecule has 0 unspecified atom stereocenters. The predicted molar refractivity (Wildman–Crippen MR) is 105 cm³/mol. The maximum Gasteiger partial charge on any atom is 0.200 e. The van der Waals surface area contributed by atoms with Gasteiger partial charge in [-0.15, -0.1) is 0 Å². The molecule has 4 rings (SSSR count). The quantitative estimate of drug-likeness (QED) is 0.532. The molecule has 150 valence electrons. The average Bonchev–Trinajstić information content (AvgIpc) is 3.20. The van der Waals surface area contributed by atoms with E-state index in [-0.39, 0.29) is 17.8 Å². The predicted octanol–water partition coefficient (Wildman–Crippen LogP) is 7.39. The van der Waals surface area contributed by atoms with Crippen LogP contribution in [-0.2, 0) is 0 Å². The van der Waals surface area contributed by atoms with E-state index < -0.39 is 11.6 Å². The van der Waals surface area contributed by atoms with Crippen LogP contribution < -0.4 is 4.74 Å². The van der Waals surface area contributed by atoms with Crippen LogP contribution in [0.5, 0.6) is 5.75 Å². The van der Waals surface area contributed by atoms with Crippen LogP contribution in [0, 0.1) is 29.4 Å². The zero-order chi connectivity index (χ0) is 18.8. The number of ether oxygens (including phenoxy) is 1. The van der Waals surface area contributed by atoms with E-state index in [1.54, 1.807) is 12.1 Å². The molecule has 3 aliphatic rings. The van der Waals surface area contributed by atoms with E-state index in [4.69, 9.17) is 4.74 Å². The topological polar surface area (TPSA) is 9.23 Å². The molecule has 0 aromatic heterocycles. The van der Waals surface area contributed by atoms with E-state index in [1.807, 2.05) is 0 Å². The Morgan fingerprint density at radius 1 is 0.741 bits per heavy atom. The third kappa shape index (κ3) is 4.32. The first kappa shape index (κ1) is 19.2. The minimum absolute atomic E-state index is 0.0541. The van der Waals surface area contributed by atoms with Gasteiger partial charge in [0, 0.05) is 0 Å². The fraction of sp³-hybridized carbons (Fsp3) is 0.750. The van der Waals surface area contributed by atoms with Crippen molar-refractivity contribution in [1.82, 2.24) is 0 Å². The van der Waals surface area contributed by atoms with Crippen LogP contribution in [0.2, 0.25) is 0 Å².